The van der Waals surface area contributed by atoms with Crippen LogP contribution in [0.2, 0.25) is 0 Å². The molecule has 3 atom stereocenters. The maximum atomic E-state index is 9.64. The molecule has 1 heteroatoms. The average Bonchev–Trinajstić information content (AvgIpc) is 2.37. The Balaban J connectivity index is 2.55. The Morgan fingerprint density at radius 2 is 1.94 bits per heavy atom. The monoisotopic (exact) mass is 222 g/mol. The highest BCUT2D eigenvalue weighted by Crippen LogP contribution is 2.70. The number of aliphatic hydroxyl groups excluding tert-OH is 1. The number of hydrogen-bond donors (Lipinski definition) is 1. The molecule has 0 aliphatic heterocycles. The van der Waals surface area contributed by atoms with Crippen molar-refractivity contribution in [2.45, 2.75) is 53.9 Å². The van der Waals surface area contributed by atoms with Crippen LogP contribution in [0.15, 0.2) is 11.6 Å². The van der Waals surface area contributed by atoms with E-state index < -0.39 is 0 Å². The predicted molar refractivity (Wildman–Crippen MR) is 68.2 cm³/mol. The van der Waals surface area contributed by atoms with E-state index in [-0.39, 0.29) is 10.8 Å². The highest BCUT2D eigenvalue weighted by molar-refractivity contribution is 5.28. The van der Waals surface area contributed by atoms with Crippen molar-refractivity contribution in [1.82, 2.24) is 0 Å². The second kappa shape index (κ2) is 3.35. The van der Waals surface area contributed by atoms with E-state index in [1.165, 1.54) is 19.3 Å². The molecule has 0 aromatic carbocycles. The van der Waals surface area contributed by atoms with Crippen LogP contribution in [0.3, 0.4) is 0 Å². The Morgan fingerprint density at radius 1 is 1.31 bits per heavy atom. The molecule has 0 spiro atoms. The molecule has 2 aliphatic rings. The van der Waals surface area contributed by atoms with Crippen molar-refractivity contribution in [3.8, 4) is 0 Å². The Morgan fingerprint density at radius 3 is 2.44 bits per heavy atom. The largest absolute Gasteiger partial charge is 0.396 e. The zero-order valence-corrected chi connectivity index (χ0v) is 11.4. The van der Waals surface area contributed by atoms with E-state index in [0.29, 0.717) is 17.9 Å². The van der Waals surface area contributed by atoms with Crippen molar-refractivity contribution in [3.05, 3.63) is 11.6 Å². The second-order valence-corrected chi connectivity index (χ2v) is 6.92. The molecule has 2 aliphatic carbocycles. The lowest BCUT2D eigenvalue weighted by Crippen LogP contribution is -2.45. The molecular formula is C15H26O. The maximum absolute atomic E-state index is 9.64. The number of hydrogen-bond acceptors (Lipinski definition) is 1. The molecular weight excluding hydrogens is 196 g/mol. The van der Waals surface area contributed by atoms with Crippen LogP contribution in [-0.2, 0) is 0 Å². The van der Waals surface area contributed by atoms with Crippen LogP contribution < -0.4 is 0 Å². The van der Waals surface area contributed by atoms with E-state index in [4.69, 9.17) is 0 Å². The van der Waals surface area contributed by atoms with Gasteiger partial charge in [0.05, 0.1) is 0 Å². The summed E-state index contributed by atoms with van der Waals surface area (Å²) >= 11 is 0. The van der Waals surface area contributed by atoms with Crippen LogP contribution in [0.1, 0.15) is 53.9 Å². The first-order valence-electron chi connectivity index (χ1n) is 6.58. The third-order valence-corrected chi connectivity index (χ3v) is 6.37. The van der Waals surface area contributed by atoms with Gasteiger partial charge in [0, 0.05) is 6.61 Å². The summed E-state index contributed by atoms with van der Waals surface area (Å²) < 4.78 is 0. The molecule has 0 bridgehead atoms. The molecule has 0 aromatic rings. The average molecular weight is 222 g/mol. The van der Waals surface area contributed by atoms with Crippen LogP contribution in [0, 0.1) is 22.2 Å². The highest BCUT2D eigenvalue weighted by atomic mass is 16.3. The van der Waals surface area contributed by atoms with Crippen molar-refractivity contribution in [2.24, 2.45) is 22.2 Å². The van der Waals surface area contributed by atoms with E-state index in [1.54, 1.807) is 5.57 Å². The van der Waals surface area contributed by atoms with Gasteiger partial charge in [-0.2, -0.15) is 0 Å². The summed E-state index contributed by atoms with van der Waals surface area (Å²) in [5, 5.41) is 9.64. The summed E-state index contributed by atoms with van der Waals surface area (Å²) in [6, 6.07) is 0. The summed E-state index contributed by atoms with van der Waals surface area (Å²) in [7, 11) is 0. The number of rotatable bonds is 1. The fourth-order valence-corrected chi connectivity index (χ4v) is 4.63. The minimum Gasteiger partial charge on any atom is -0.396 e. The van der Waals surface area contributed by atoms with Gasteiger partial charge in [-0.25, -0.2) is 0 Å². The third kappa shape index (κ3) is 1.16. The number of fused-ring (bicyclic) bond motifs is 1. The molecule has 0 unspecified atom stereocenters. The smallest absolute Gasteiger partial charge is 0.0464 e. The van der Waals surface area contributed by atoms with Crippen molar-refractivity contribution in [2.75, 3.05) is 6.61 Å². The fourth-order valence-electron chi connectivity index (χ4n) is 4.63. The molecule has 1 N–H and O–H groups in total. The molecule has 2 rings (SSSR count). The first-order chi connectivity index (χ1) is 7.29. The van der Waals surface area contributed by atoms with Gasteiger partial charge in [0.25, 0.3) is 0 Å². The lowest BCUT2D eigenvalue weighted by molar-refractivity contribution is 0.0233. The number of allylic oxidation sites excluding steroid dienone is 2. The first kappa shape index (κ1) is 12.2. The number of aliphatic hydroxyl groups is 1. The van der Waals surface area contributed by atoms with Crippen molar-refractivity contribution < 1.29 is 5.11 Å². The van der Waals surface area contributed by atoms with Crippen LogP contribution in [0.25, 0.3) is 0 Å². The Kier molecular flexibility index (Phi) is 2.55. The van der Waals surface area contributed by atoms with Gasteiger partial charge in [0.1, 0.15) is 0 Å². The van der Waals surface area contributed by atoms with Gasteiger partial charge in [0.2, 0.25) is 0 Å². The maximum Gasteiger partial charge on any atom is 0.0464 e. The summed E-state index contributed by atoms with van der Waals surface area (Å²) in [5.74, 6) is 0.448. The zero-order valence-electron chi connectivity index (χ0n) is 11.4. The summed E-state index contributed by atoms with van der Waals surface area (Å²) in [4.78, 5) is 0. The van der Waals surface area contributed by atoms with Gasteiger partial charge >= 0.3 is 0 Å². The zero-order chi connectivity index (χ0) is 12.2. The van der Waals surface area contributed by atoms with E-state index in [1.807, 2.05) is 0 Å². The van der Waals surface area contributed by atoms with E-state index >= 15 is 0 Å². The standard InChI is InChI=1S/C15H26O/c1-11-7-6-8-14(4)9-12(10-16)13(2,3)15(11,14)5/h7,12,16H,6,8-10H2,1-5H3/t12-,14+,15-/m1/s1. The summed E-state index contributed by atoms with van der Waals surface area (Å²) in [6.07, 6.45) is 6.09. The van der Waals surface area contributed by atoms with Gasteiger partial charge in [-0.05, 0) is 48.3 Å². The lowest BCUT2D eigenvalue weighted by atomic mass is 9.52. The minimum absolute atomic E-state index is 0.206. The van der Waals surface area contributed by atoms with E-state index in [0.717, 1.165) is 0 Å². The molecule has 0 aromatic heterocycles. The second-order valence-electron chi connectivity index (χ2n) is 6.92. The summed E-state index contributed by atoms with van der Waals surface area (Å²) in [6.45, 7) is 12.2. The van der Waals surface area contributed by atoms with Gasteiger partial charge in [-0.15, -0.1) is 0 Å². The molecule has 1 nitrogen and oxygen atoms in total. The highest BCUT2D eigenvalue weighted by Gasteiger charge is 2.63. The molecule has 1 fully saturated rings. The third-order valence-electron chi connectivity index (χ3n) is 6.37. The van der Waals surface area contributed by atoms with Gasteiger partial charge in [-0.1, -0.05) is 39.3 Å². The predicted octanol–water partition coefficient (Wildman–Crippen LogP) is 3.78. The van der Waals surface area contributed by atoms with Crippen LogP contribution in [-0.4, -0.2) is 11.7 Å². The SMILES string of the molecule is CC1=CCC[C@@]2(C)C[C@H](CO)C(C)(C)[C@@]12C. The molecule has 16 heavy (non-hydrogen) atoms. The van der Waals surface area contributed by atoms with Crippen molar-refractivity contribution >= 4 is 0 Å². The molecule has 0 heterocycles. The van der Waals surface area contributed by atoms with E-state index in [9.17, 15) is 5.11 Å². The van der Waals surface area contributed by atoms with Gasteiger partial charge in [-0.3, -0.25) is 0 Å². The Hall–Kier alpha value is -0.300. The minimum atomic E-state index is 0.206. The van der Waals surface area contributed by atoms with E-state index in [2.05, 4.69) is 40.7 Å². The molecule has 0 saturated heterocycles. The van der Waals surface area contributed by atoms with Crippen LogP contribution in [0.4, 0.5) is 0 Å². The molecule has 1 saturated carbocycles. The normalized spacial score (nSPS) is 46.4. The van der Waals surface area contributed by atoms with Gasteiger partial charge in [0.15, 0.2) is 0 Å². The molecule has 0 amide bonds. The van der Waals surface area contributed by atoms with Gasteiger partial charge < -0.3 is 5.11 Å². The summed E-state index contributed by atoms with van der Waals surface area (Å²) in [5.41, 5.74) is 2.38. The van der Waals surface area contributed by atoms with Crippen LogP contribution >= 0.6 is 0 Å². The topological polar surface area (TPSA) is 20.2 Å². The molecule has 92 valence electrons. The Labute approximate surface area is 99.9 Å². The van der Waals surface area contributed by atoms with Crippen LogP contribution in [0.5, 0.6) is 0 Å². The Bertz CT molecular complexity index is 328. The van der Waals surface area contributed by atoms with Crippen molar-refractivity contribution in [3.63, 3.8) is 0 Å². The molecule has 0 radical (unpaired) electrons. The van der Waals surface area contributed by atoms with Crippen molar-refractivity contribution in [1.29, 1.82) is 0 Å². The first-order valence-corrected chi connectivity index (χ1v) is 6.58. The fraction of sp³-hybridized carbons (Fsp3) is 0.867. The lowest BCUT2D eigenvalue weighted by Gasteiger charge is -2.52. The quantitative estimate of drug-likeness (QED) is 0.669.